The Kier molecular flexibility index (Phi) is 7.29. The molecule has 38 heavy (non-hydrogen) atoms. The summed E-state index contributed by atoms with van der Waals surface area (Å²) in [6.07, 6.45) is -0.565. The van der Waals surface area contributed by atoms with Crippen LogP contribution in [0, 0.1) is 11.3 Å². The third-order valence-electron chi connectivity index (χ3n) is 6.61. The van der Waals surface area contributed by atoms with Crippen molar-refractivity contribution in [3.8, 4) is 40.0 Å². The molecule has 0 bridgehead atoms. The highest BCUT2D eigenvalue weighted by molar-refractivity contribution is 5.93. The van der Waals surface area contributed by atoms with Crippen LogP contribution in [0.3, 0.4) is 0 Å². The number of benzene rings is 2. The van der Waals surface area contributed by atoms with Gasteiger partial charge in [-0.15, -0.1) is 0 Å². The Bertz CT molecular complexity index is 1500. The number of alkyl halides is 1. The topological polar surface area (TPSA) is 101 Å². The van der Waals surface area contributed by atoms with E-state index in [1.54, 1.807) is 50.5 Å². The van der Waals surface area contributed by atoms with Crippen LogP contribution in [0.15, 0.2) is 59.1 Å². The van der Waals surface area contributed by atoms with E-state index in [-0.39, 0.29) is 6.61 Å². The molecule has 4 aromatic rings. The Morgan fingerprint density at radius 3 is 2.71 bits per heavy atom. The van der Waals surface area contributed by atoms with E-state index in [9.17, 15) is 14.8 Å². The molecule has 3 heterocycles. The van der Waals surface area contributed by atoms with Crippen molar-refractivity contribution in [2.24, 2.45) is 0 Å². The summed E-state index contributed by atoms with van der Waals surface area (Å²) in [5.74, 6) is 1.44. The van der Waals surface area contributed by atoms with Gasteiger partial charge in [-0.25, -0.2) is 4.39 Å². The molecule has 1 saturated heterocycles. The summed E-state index contributed by atoms with van der Waals surface area (Å²) in [7, 11) is 5.14. The number of nitrogens with zero attached hydrogens (tertiary/aromatic N) is 3. The van der Waals surface area contributed by atoms with Gasteiger partial charge in [-0.1, -0.05) is 12.1 Å². The molecule has 0 aliphatic carbocycles. The van der Waals surface area contributed by atoms with Gasteiger partial charge in [0.15, 0.2) is 11.8 Å². The number of rotatable bonds is 7. The highest BCUT2D eigenvalue weighted by Gasteiger charge is 2.28. The zero-order chi connectivity index (χ0) is 26.8. The summed E-state index contributed by atoms with van der Waals surface area (Å²) in [5, 5.41) is 20.2. The second kappa shape index (κ2) is 10.8. The second-order valence-electron chi connectivity index (χ2n) is 9.34. The number of pyridine rings is 1. The first-order valence-corrected chi connectivity index (χ1v) is 12.2. The molecule has 1 aliphatic heterocycles. The number of ether oxygens (including phenoxy) is 3. The molecule has 5 rings (SSSR count). The lowest BCUT2D eigenvalue weighted by Crippen LogP contribution is -2.37. The van der Waals surface area contributed by atoms with E-state index in [0.717, 1.165) is 11.1 Å². The molecule has 1 fully saturated rings. The number of aromatic nitrogens is 1. The Hall–Kier alpha value is -3.97. The van der Waals surface area contributed by atoms with E-state index in [1.165, 1.54) is 0 Å². The number of fused-ring (bicyclic) bond motifs is 1. The Balaban J connectivity index is 1.50. The molecule has 0 amide bonds. The van der Waals surface area contributed by atoms with E-state index >= 15 is 0 Å². The van der Waals surface area contributed by atoms with Crippen LogP contribution in [0.2, 0.25) is 0 Å². The molecule has 8 nitrogen and oxygen atoms in total. The van der Waals surface area contributed by atoms with Gasteiger partial charge in [-0.2, -0.15) is 5.26 Å². The van der Waals surface area contributed by atoms with E-state index in [0.29, 0.717) is 58.1 Å². The van der Waals surface area contributed by atoms with Crippen molar-refractivity contribution in [3.63, 3.8) is 0 Å². The summed E-state index contributed by atoms with van der Waals surface area (Å²) in [5.41, 5.74) is 4.38. The molecule has 0 saturated carbocycles. The Labute approximate surface area is 219 Å². The summed E-state index contributed by atoms with van der Waals surface area (Å²) in [6, 6.07) is 16.5. The van der Waals surface area contributed by atoms with E-state index in [4.69, 9.17) is 18.6 Å². The van der Waals surface area contributed by atoms with Crippen molar-refractivity contribution in [3.05, 3.63) is 65.9 Å². The number of hydrogen-bond donors (Lipinski definition) is 1. The SMILES string of the molecule is COc1cc(C(O)N(C)C)ccc1-c1cc2nccc(-c3ccc(OC4CCOC[C@@H]4F)c(C#N)c3)c2o1. The van der Waals surface area contributed by atoms with Gasteiger partial charge in [-0.3, -0.25) is 9.88 Å². The third kappa shape index (κ3) is 4.94. The van der Waals surface area contributed by atoms with Crippen molar-refractivity contribution in [1.82, 2.24) is 9.88 Å². The minimum Gasteiger partial charge on any atom is -0.496 e. The standard InChI is InChI=1S/C29H28FN3O5/c1-33(2)29(34)18-4-6-21(26(13-18)35-3)27-14-23-28(38-27)20(8-10-32-23)17-5-7-24(19(12-17)15-31)37-25-9-11-36-16-22(25)30/h4-8,10,12-14,22,25,29,34H,9,11,16H2,1-3H3/t22-,25?,29?/m0/s1. The lowest BCUT2D eigenvalue weighted by Gasteiger charge is -2.27. The molecule has 9 heteroatoms. The van der Waals surface area contributed by atoms with Crippen LogP contribution in [0.1, 0.15) is 23.8 Å². The fraction of sp³-hybridized carbons (Fsp3) is 0.310. The van der Waals surface area contributed by atoms with Crippen molar-refractivity contribution in [2.75, 3.05) is 34.4 Å². The molecular weight excluding hydrogens is 489 g/mol. The molecule has 196 valence electrons. The number of halogens is 1. The molecule has 2 unspecified atom stereocenters. The largest absolute Gasteiger partial charge is 0.496 e. The van der Waals surface area contributed by atoms with Gasteiger partial charge in [-0.05, 0) is 55.6 Å². The van der Waals surface area contributed by atoms with Crippen molar-refractivity contribution < 1.29 is 28.1 Å². The number of methoxy groups -OCH3 is 1. The number of hydrogen-bond acceptors (Lipinski definition) is 8. The van der Waals surface area contributed by atoms with Crippen molar-refractivity contribution in [2.45, 2.75) is 24.9 Å². The van der Waals surface area contributed by atoms with Crippen LogP contribution >= 0.6 is 0 Å². The average Bonchev–Trinajstić information content (AvgIpc) is 3.38. The predicted octanol–water partition coefficient (Wildman–Crippen LogP) is 5.10. The highest BCUT2D eigenvalue weighted by atomic mass is 19.1. The smallest absolute Gasteiger partial charge is 0.161 e. The number of aliphatic hydroxyl groups excluding tert-OH is 1. The molecule has 0 radical (unpaired) electrons. The molecule has 1 N–H and O–H groups in total. The quantitative estimate of drug-likeness (QED) is 0.338. The molecule has 2 aromatic carbocycles. The molecule has 1 aliphatic rings. The fourth-order valence-corrected chi connectivity index (χ4v) is 4.54. The van der Waals surface area contributed by atoms with E-state index < -0.39 is 18.5 Å². The first-order chi connectivity index (χ1) is 18.4. The minimum absolute atomic E-state index is 0.00971. The minimum atomic E-state index is -1.24. The maximum atomic E-state index is 14.2. The highest BCUT2D eigenvalue weighted by Crippen LogP contribution is 2.39. The normalized spacial score (nSPS) is 18.3. The first kappa shape index (κ1) is 25.7. The van der Waals surface area contributed by atoms with Gasteiger partial charge in [0.2, 0.25) is 0 Å². The van der Waals surface area contributed by atoms with Crippen LogP contribution in [-0.2, 0) is 4.74 Å². The van der Waals surface area contributed by atoms with Gasteiger partial charge >= 0.3 is 0 Å². The molecular formula is C29H28FN3O5. The van der Waals surface area contributed by atoms with Crippen LogP contribution in [0.4, 0.5) is 4.39 Å². The predicted molar refractivity (Wildman–Crippen MR) is 140 cm³/mol. The van der Waals surface area contributed by atoms with Gasteiger partial charge in [0.1, 0.15) is 41.2 Å². The van der Waals surface area contributed by atoms with Crippen LogP contribution in [-0.4, -0.2) is 61.7 Å². The van der Waals surface area contributed by atoms with Crippen LogP contribution in [0.5, 0.6) is 11.5 Å². The monoisotopic (exact) mass is 517 g/mol. The van der Waals surface area contributed by atoms with Gasteiger partial charge in [0.05, 0.1) is 31.5 Å². The number of aliphatic hydroxyl groups is 1. The third-order valence-corrected chi connectivity index (χ3v) is 6.61. The maximum absolute atomic E-state index is 14.2. The second-order valence-corrected chi connectivity index (χ2v) is 9.34. The molecule has 2 aromatic heterocycles. The molecule has 0 spiro atoms. The summed E-state index contributed by atoms with van der Waals surface area (Å²) < 4.78 is 37.1. The van der Waals surface area contributed by atoms with Crippen LogP contribution < -0.4 is 9.47 Å². The van der Waals surface area contributed by atoms with Crippen molar-refractivity contribution in [1.29, 1.82) is 5.26 Å². The van der Waals surface area contributed by atoms with Crippen molar-refractivity contribution >= 4 is 11.1 Å². The summed E-state index contributed by atoms with van der Waals surface area (Å²) in [4.78, 5) is 6.15. The fourth-order valence-electron chi connectivity index (χ4n) is 4.54. The summed E-state index contributed by atoms with van der Waals surface area (Å²) >= 11 is 0. The number of furan rings is 1. The Morgan fingerprint density at radius 2 is 1.97 bits per heavy atom. The lowest BCUT2D eigenvalue weighted by molar-refractivity contribution is -0.0383. The van der Waals surface area contributed by atoms with E-state index in [1.807, 2.05) is 30.3 Å². The summed E-state index contributed by atoms with van der Waals surface area (Å²) in [6.45, 7) is 0.412. The van der Waals surface area contributed by atoms with Gasteiger partial charge in [0, 0.05) is 24.2 Å². The van der Waals surface area contributed by atoms with Crippen LogP contribution in [0.25, 0.3) is 33.6 Å². The lowest BCUT2D eigenvalue weighted by atomic mass is 10.0. The molecule has 3 atom stereocenters. The zero-order valence-corrected chi connectivity index (χ0v) is 21.3. The average molecular weight is 518 g/mol. The van der Waals surface area contributed by atoms with E-state index in [2.05, 4.69) is 11.1 Å². The maximum Gasteiger partial charge on any atom is 0.161 e. The first-order valence-electron chi connectivity index (χ1n) is 12.2. The van der Waals surface area contributed by atoms with Gasteiger partial charge in [0.25, 0.3) is 0 Å². The zero-order valence-electron chi connectivity index (χ0n) is 21.3. The number of nitriles is 1. The van der Waals surface area contributed by atoms with Gasteiger partial charge < -0.3 is 23.7 Å². The Morgan fingerprint density at radius 1 is 1.13 bits per heavy atom.